The van der Waals surface area contributed by atoms with E-state index in [4.69, 9.17) is 21.4 Å². The standard InChI is InChI=1S/C19H23ClN4O3/c1-13-16(18(25)26)4-5-17(23-13)27-10-2-3-14-6-8-24(9-7-14)19-21-11-15(20)12-22-19/h4-5,11-12,14H,2-3,6-10H2,1H3,(H,25,26). The number of aromatic nitrogens is 3. The second-order valence-electron chi connectivity index (χ2n) is 6.71. The third-order valence-electron chi connectivity index (χ3n) is 4.80. The fraction of sp³-hybridized carbons (Fsp3) is 0.474. The van der Waals surface area contributed by atoms with Gasteiger partial charge in [-0.15, -0.1) is 0 Å². The summed E-state index contributed by atoms with van der Waals surface area (Å²) in [6, 6.07) is 3.15. The lowest BCUT2D eigenvalue weighted by Crippen LogP contribution is -2.34. The first-order chi connectivity index (χ1) is 13.0. The lowest BCUT2D eigenvalue weighted by molar-refractivity contribution is 0.0695. The molecule has 0 amide bonds. The van der Waals surface area contributed by atoms with E-state index in [0.29, 0.717) is 29.1 Å². The molecule has 144 valence electrons. The molecule has 3 heterocycles. The lowest BCUT2D eigenvalue weighted by Gasteiger charge is -2.31. The Bertz CT molecular complexity index is 777. The molecule has 0 spiro atoms. The van der Waals surface area contributed by atoms with Crippen LogP contribution in [0.25, 0.3) is 0 Å². The van der Waals surface area contributed by atoms with Gasteiger partial charge in [0.2, 0.25) is 11.8 Å². The Morgan fingerprint density at radius 1 is 1.30 bits per heavy atom. The van der Waals surface area contributed by atoms with Gasteiger partial charge in [-0.1, -0.05) is 11.6 Å². The highest BCUT2D eigenvalue weighted by Gasteiger charge is 2.20. The van der Waals surface area contributed by atoms with Gasteiger partial charge in [0.25, 0.3) is 0 Å². The number of anilines is 1. The summed E-state index contributed by atoms with van der Waals surface area (Å²) in [5.74, 6) is 0.919. The van der Waals surface area contributed by atoms with Crippen molar-refractivity contribution in [1.82, 2.24) is 15.0 Å². The minimum Gasteiger partial charge on any atom is -0.478 e. The van der Waals surface area contributed by atoms with Crippen LogP contribution in [0.1, 0.15) is 41.7 Å². The molecular formula is C19H23ClN4O3. The summed E-state index contributed by atoms with van der Waals surface area (Å²) in [6.45, 7) is 4.16. The van der Waals surface area contributed by atoms with E-state index in [-0.39, 0.29) is 5.56 Å². The number of carboxylic acid groups (broad SMARTS) is 1. The molecule has 1 aliphatic rings. The number of hydrogen-bond donors (Lipinski definition) is 1. The number of rotatable bonds is 7. The van der Waals surface area contributed by atoms with Gasteiger partial charge in [-0.2, -0.15) is 0 Å². The molecule has 1 aliphatic heterocycles. The highest BCUT2D eigenvalue weighted by molar-refractivity contribution is 6.30. The van der Waals surface area contributed by atoms with Crippen LogP contribution in [0.5, 0.6) is 5.88 Å². The minimum atomic E-state index is -0.970. The zero-order valence-corrected chi connectivity index (χ0v) is 16.0. The number of halogens is 1. The lowest BCUT2D eigenvalue weighted by atomic mass is 9.92. The van der Waals surface area contributed by atoms with Gasteiger partial charge in [0.05, 0.1) is 35.3 Å². The van der Waals surface area contributed by atoms with E-state index < -0.39 is 5.97 Å². The number of piperidine rings is 1. The predicted molar refractivity (Wildman–Crippen MR) is 103 cm³/mol. The summed E-state index contributed by atoms with van der Waals surface area (Å²) in [6.07, 6.45) is 7.52. The fourth-order valence-electron chi connectivity index (χ4n) is 3.28. The summed E-state index contributed by atoms with van der Waals surface area (Å²) in [5, 5.41) is 9.57. The monoisotopic (exact) mass is 390 g/mol. The Labute approximate surface area is 163 Å². The van der Waals surface area contributed by atoms with Crippen LogP contribution in [-0.2, 0) is 0 Å². The molecule has 2 aromatic heterocycles. The highest BCUT2D eigenvalue weighted by Crippen LogP contribution is 2.24. The number of aryl methyl sites for hydroxylation is 1. The van der Waals surface area contributed by atoms with Crippen molar-refractivity contribution in [1.29, 1.82) is 0 Å². The van der Waals surface area contributed by atoms with Gasteiger partial charge >= 0.3 is 5.97 Å². The molecule has 0 aliphatic carbocycles. The average Bonchev–Trinajstić information content (AvgIpc) is 2.66. The predicted octanol–water partition coefficient (Wildman–Crippen LogP) is 3.61. The zero-order chi connectivity index (χ0) is 19.2. The van der Waals surface area contributed by atoms with Gasteiger partial charge < -0.3 is 14.7 Å². The molecule has 0 bridgehead atoms. The smallest absolute Gasteiger partial charge is 0.337 e. The molecule has 7 nitrogen and oxygen atoms in total. The van der Waals surface area contributed by atoms with Crippen LogP contribution in [0.3, 0.4) is 0 Å². The molecular weight excluding hydrogens is 368 g/mol. The SMILES string of the molecule is Cc1nc(OCCCC2CCN(c3ncc(Cl)cn3)CC2)ccc1C(=O)O. The number of nitrogens with zero attached hydrogens (tertiary/aromatic N) is 4. The average molecular weight is 391 g/mol. The molecule has 0 radical (unpaired) electrons. The maximum Gasteiger partial charge on any atom is 0.337 e. The topological polar surface area (TPSA) is 88.4 Å². The number of hydrogen-bond acceptors (Lipinski definition) is 6. The van der Waals surface area contributed by atoms with Gasteiger partial charge in [-0.05, 0) is 44.6 Å². The van der Waals surface area contributed by atoms with Crippen LogP contribution in [-0.4, -0.2) is 45.7 Å². The van der Waals surface area contributed by atoms with Crippen molar-refractivity contribution in [2.75, 3.05) is 24.6 Å². The molecule has 8 heteroatoms. The van der Waals surface area contributed by atoms with E-state index in [9.17, 15) is 4.79 Å². The van der Waals surface area contributed by atoms with Crippen LogP contribution in [0, 0.1) is 12.8 Å². The molecule has 0 saturated carbocycles. The summed E-state index contributed by atoms with van der Waals surface area (Å²) in [4.78, 5) is 25.9. The van der Waals surface area contributed by atoms with E-state index in [1.165, 1.54) is 6.07 Å². The molecule has 0 unspecified atom stereocenters. The van der Waals surface area contributed by atoms with Crippen LogP contribution in [0.2, 0.25) is 5.02 Å². The highest BCUT2D eigenvalue weighted by atomic mass is 35.5. The number of aromatic carboxylic acids is 1. The molecule has 1 fully saturated rings. The number of carbonyl (C=O) groups is 1. The fourth-order valence-corrected chi connectivity index (χ4v) is 3.38. The van der Waals surface area contributed by atoms with Crippen LogP contribution >= 0.6 is 11.6 Å². The molecule has 0 aromatic carbocycles. The number of ether oxygens (including phenoxy) is 1. The Morgan fingerprint density at radius 2 is 2.00 bits per heavy atom. The maximum atomic E-state index is 11.0. The molecule has 2 aromatic rings. The second kappa shape index (κ2) is 8.99. The van der Waals surface area contributed by atoms with Crippen molar-refractivity contribution in [2.45, 2.75) is 32.6 Å². The second-order valence-corrected chi connectivity index (χ2v) is 7.15. The van der Waals surface area contributed by atoms with Gasteiger partial charge in [0, 0.05) is 19.2 Å². The Morgan fingerprint density at radius 3 is 2.63 bits per heavy atom. The van der Waals surface area contributed by atoms with Gasteiger partial charge in [0.1, 0.15) is 0 Å². The third kappa shape index (κ3) is 5.29. The summed E-state index contributed by atoms with van der Waals surface area (Å²) >= 11 is 5.83. The Kier molecular flexibility index (Phi) is 6.45. The molecule has 1 N–H and O–H groups in total. The molecule has 3 rings (SSSR count). The van der Waals surface area contributed by atoms with Crippen molar-refractivity contribution < 1.29 is 14.6 Å². The summed E-state index contributed by atoms with van der Waals surface area (Å²) < 4.78 is 5.67. The normalized spacial score (nSPS) is 15.0. The van der Waals surface area contributed by atoms with Gasteiger partial charge in [-0.3, -0.25) is 0 Å². The van der Waals surface area contributed by atoms with Crippen molar-refractivity contribution in [3.63, 3.8) is 0 Å². The van der Waals surface area contributed by atoms with Crippen molar-refractivity contribution >= 4 is 23.5 Å². The molecule has 1 saturated heterocycles. The summed E-state index contributed by atoms with van der Waals surface area (Å²) in [5.41, 5.74) is 0.676. The largest absolute Gasteiger partial charge is 0.478 e. The van der Waals surface area contributed by atoms with E-state index in [2.05, 4.69) is 19.9 Å². The number of carboxylic acids is 1. The first-order valence-electron chi connectivity index (χ1n) is 9.09. The molecule has 27 heavy (non-hydrogen) atoms. The maximum absolute atomic E-state index is 11.0. The van der Waals surface area contributed by atoms with Gasteiger partial charge in [-0.25, -0.2) is 19.7 Å². The van der Waals surface area contributed by atoms with E-state index >= 15 is 0 Å². The van der Waals surface area contributed by atoms with E-state index in [1.807, 2.05) is 0 Å². The first-order valence-corrected chi connectivity index (χ1v) is 9.47. The minimum absolute atomic E-state index is 0.207. The van der Waals surface area contributed by atoms with Crippen molar-refractivity contribution in [3.05, 3.63) is 40.8 Å². The third-order valence-corrected chi connectivity index (χ3v) is 5.00. The van der Waals surface area contributed by atoms with Crippen LogP contribution in [0.15, 0.2) is 24.5 Å². The Hall–Kier alpha value is -2.41. The van der Waals surface area contributed by atoms with Crippen LogP contribution < -0.4 is 9.64 Å². The van der Waals surface area contributed by atoms with Crippen molar-refractivity contribution in [2.24, 2.45) is 5.92 Å². The quantitative estimate of drug-likeness (QED) is 0.722. The Balaban J connectivity index is 1.37. The van der Waals surface area contributed by atoms with Gasteiger partial charge in [0.15, 0.2) is 0 Å². The van der Waals surface area contributed by atoms with Crippen molar-refractivity contribution in [3.8, 4) is 5.88 Å². The number of pyridine rings is 1. The van der Waals surface area contributed by atoms with E-state index in [0.717, 1.165) is 44.7 Å². The first kappa shape index (κ1) is 19.4. The zero-order valence-electron chi connectivity index (χ0n) is 15.3. The summed E-state index contributed by atoms with van der Waals surface area (Å²) in [7, 11) is 0. The van der Waals surface area contributed by atoms with E-state index in [1.54, 1.807) is 25.4 Å². The molecule has 0 atom stereocenters. The van der Waals surface area contributed by atoms with Crippen LogP contribution in [0.4, 0.5) is 5.95 Å².